The van der Waals surface area contributed by atoms with Crippen LogP contribution in [0.3, 0.4) is 0 Å². The first-order valence-corrected chi connectivity index (χ1v) is 6.03. The molecule has 1 amide bonds. The van der Waals surface area contributed by atoms with Crippen molar-refractivity contribution >= 4 is 17.5 Å². The van der Waals surface area contributed by atoms with E-state index in [1.165, 1.54) is 0 Å². The van der Waals surface area contributed by atoms with Crippen LogP contribution in [0.25, 0.3) is 0 Å². The molecule has 18 heavy (non-hydrogen) atoms. The average Bonchev–Trinajstić information content (AvgIpc) is 2.37. The largest absolute Gasteiger partial charge is 0.497 e. The standard InChI is InChI=1S/C13H18ClNO3/c1-9(14)13(16)15(2)8-10-7-11(17-3)5-6-12(10)18-4/h5-7,9H,8H2,1-4H3. The molecule has 1 aromatic carbocycles. The van der Waals surface area contributed by atoms with Crippen molar-refractivity contribution in [2.45, 2.75) is 18.8 Å². The van der Waals surface area contributed by atoms with Gasteiger partial charge in [0.2, 0.25) is 5.91 Å². The number of methoxy groups -OCH3 is 2. The third kappa shape index (κ3) is 3.53. The minimum absolute atomic E-state index is 0.124. The highest BCUT2D eigenvalue weighted by Crippen LogP contribution is 2.25. The maximum absolute atomic E-state index is 11.7. The predicted octanol–water partition coefficient (Wildman–Crippen LogP) is 2.29. The molecule has 0 N–H and O–H groups in total. The quantitative estimate of drug-likeness (QED) is 0.772. The number of amides is 1. The highest BCUT2D eigenvalue weighted by molar-refractivity contribution is 6.30. The van der Waals surface area contributed by atoms with E-state index in [9.17, 15) is 4.79 Å². The third-order valence-electron chi connectivity index (χ3n) is 2.61. The number of alkyl halides is 1. The smallest absolute Gasteiger partial charge is 0.240 e. The molecule has 1 aromatic rings. The Labute approximate surface area is 112 Å². The summed E-state index contributed by atoms with van der Waals surface area (Å²) in [5.41, 5.74) is 0.880. The van der Waals surface area contributed by atoms with Crippen LogP contribution < -0.4 is 9.47 Å². The highest BCUT2D eigenvalue weighted by Gasteiger charge is 2.16. The topological polar surface area (TPSA) is 38.8 Å². The van der Waals surface area contributed by atoms with Gasteiger partial charge in [-0.3, -0.25) is 4.79 Å². The fourth-order valence-corrected chi connectivity index (χ4v) is 1.81. The monoisotopic (exact) mass is 271 g/mol. The van der Waals surface area contributed by atoms with Gasteiger partial charge in [0.05, 0.1) is 14.2 Å². The lowest BCUT2D eigenvalue weighted by Crippen LogP contribution is -2.31. The first kappa shape index (κ1) is 14.6. The summed E-state index contributed by atoms with van der Waals surface area (Å²) in [6.07, 6.45) is 0. The summed E-state index contributed by atoms with van der Waals surface area (Å²) in [6, 6.07) is 5.48. The molecule has 0 saturated carbocycles. The number of benzene rings is 1. The van der Waals surface area contributed by atoms with E-state index in [-0.39, 0.29) is 5.91 Å². The summed E-state index contributed by atoms with van der Waals surface area (Å²) >= 11 is 5.77. The Balaban J connectivity index is 2.91. The van der Waals surface area contributed by atoms with E-state index in [1.807, 2.05) is 18.2 Å². The van der Waals surface area contributed by atoms with Crippen molar-refractivity contribution in [3.8, 4) is 11.5 Å². The Morgan fingerprint density at radius 3 is 2.56 bits per heavy atom. The molecule has 0 heterocycles. The fourth-order valence-electron chi connectivity index (χ4n) is 1.64. The van der Waals surface area contributed by atoms with E-state index in [4.69, 9.17) is 21.1 Å². The molecule has 5 heteroatoms. The molecule has 1 unspecified atom stereocenters. The number of rotatable bonds is 5. The van der Waals surface area contributed by atoms with Crippen LogP contribution in [0.2, 0.25) is 0 Å². The summed E-state index contributed by atoms with van der Waals surface area (Å²) in [5, 5.41) is -0.536. The summed E-state index contributed by atoms with van der Waals surface area (Å²) in [6.45, 7) is 2.08. The number of hydrogen-bond acceptors (Lipinski definition) is 3. The molecule has 1 rings (SSSR count). The normalized spacial score (nSPS) is 11.8. The van der Waals surface area contributed by atoms with Crippen LogP contribution in [-0.4, -0.2) is 37.5 Å². The molecule has 0 radical (unpaired) electrons. The van der Waals surface area contributed by atoms with E-state index in [0.29, 0.717) is 6.54 Å². The van der Waals surface area contributed by atoms with Gasteiger partial charge in [0, 0.05) is 19.2 Å². The van der Waals surface area contributed by atoms with Crippen LogP contribution in [0.15, 0.2) is 18.2 Å². The van der Waals surface area contributed by atoms with Gasteiger partial charge in [0.15, 0.2) is 0 Å². The Hall–Kier alpha value is -1.42. The molecule has 100 valence electrons. The Morgan fingerprint density at radius 2 is 2.06 bits per heavy atom. The lowest BCUT2D eigenvalue weighted by atomic mass is 10.1. The van der Waals surface area contributed by atoms with Crippen LogP contribution in [0.5, 0.6) is 11.5 Å². The van der Waals surface area contributed by atoms with E-state index < -0.39 is 5.38 Å². The number of halogens is 1. The summed E-state index contributed by atoms with van der Waals surface area (Å²) in [5.74, 6) is 1.32. The first-order chi connectivity index (χ1) is 8.49. The van der Waals surface area contributed by atoms with Gasteiger partial charge in [-0.2, -0.15) is 0 Å². The minimum atomic E-state index is -0.536. The number of nitrogens with zero attached hydrogens (tertiary/aromatic N) is 1. The van der Waals surface area contributed by atoms with Crippen LogP contribution in [0.1, 0.15) is 12.5 Å². The van der Waals surface area contributed by atoms with Crippen molar-refractivity contribution < 1.29 is 14.3 Å². The molecule has 0 spiro atoms. The van der Waals surface area contributed by atoms with Gasteiger partial charge < -0.3 is 14.4 Å². The zero-order valence-electron chi connectivity index (χ0n) is 11.1. The van der Waals surface area contributed by atoms with Crippen LogP contribution in [0.4, 0.5) is 0 Å². The van der Waals surface area contributed by atoms with E-state index in [2.05, 4.69) is 0 Å². The molecule has 0 fully saturated rings. The van der Waals surface area contributed by atoms with Gasteiger partial charge in [-0.25, -0.2) is 0 Å². The molecule has 0 aliphatic heterocycles. The molecule has 4 nitrogen and oxygen atoms in total. The highest BCUT2D eigenvalue weighted by atomic mass is 35.5. The van der Waals surface area contributed by atoms with Crippen molar-refractivity contribution in [2.24, 2.45) is 0 Å². The lowest BCUT2D eigenvalue weighted by molar-refractivity contribution is -0.129. The third-order valence-corrected chi connectivity index (χ3v) is 2.80. The van der Waals surface area contributed by atoms with E-state index in [0.717, 1.165) is 17.1 Å². The molecular weight excluding hydrogens is 254 g/mol. The number of carbonyl (C=O) groups is 1. The first-order valence-electron chi connectivity index (χ1n) is 5.59. The zero-order valence-corrected chi connectivity index (χ0v) is 11.8. The predicted molar refractivity (Wildman–Crippen MR) is 71.3 cm³/mol. The van der Waals surface area contributed by atoms with Gasteiger partial charge in [0.1, 0.15) is 16.9 Å². The zero-order chi connectivity index (χ0) is 13.7. The summed E-state index contributed by atoms with van der Waals surface area (Å²) in [7, 11) is 4.90. The second kappa shape index (κ2) is 6.50. The summed E-state index contributed by atoms with van der Waals surface area (Å²) in [4.78, 5) is 13.3. The molecular formula is C13H18ClNO3. The maximum atomic E-state index is 11.7. The van der Waals surface area contributed by atoms with Crippen molar-refractivity contribution in [1.82, 2.24) is 4.90 Å². The number of hydrogen-bond donors (Lipinski definition) is 0. The second-order valence-corrected chi connectivity index (χ2v) is 4.64. The molecule has 0 bridgehead atoms. The van der Waals surface area contributed by atoms with Crippen molar-refractivity contribution in [2.75, 3.05) is 21.3 Å². The lowest BCUT2D eigenvalue weighted by Gasteiger charge is -2.20. The average molecular weight is 272 g/mol. The second-order valence-electron chi connectivity index (χ2n) is 3.99. The molecule has 0 aliphatic carbocycles. The Morgan fingerprint density at radius 1 is 1.39 bits per heavy atom. The number of carbonyl (C=O) groups excluding carboxylic acids is 1. The Bertz CT molecular complexity index is 421. The SMILES string of the molecule is COc1ccc(OC)c(CN(C)C(=O)C(C)Cl)c1. The molecule has 0 saturated heterocycles. The van der Waals surface area contributed by atoms with Crippen molar-refractivity contribution in [3.05, 3.63) is 23.8 Å². The van der Waals surface area contributed by atoms with Gasteiger partial charge in [-0.1, -0.05) is 0 Å². The molecule has 1 atom stereocenters. The van der Waals surface area contributed by atoms with Crippen molar-refractivity contribution in [1.29, 1.82) is 0 Å². The van der Waals surface area contributed by atoms with Crippen LogP contribution >= 0.6 is 11.6 Å². The van der Waals surface area contributed by atoms with Gasteiger partial charge in [0.25, 0.3) is 0 Å². The van der Waals surface area contributed by atoms with E-state index in [1.54, 1.807) is 33.1 Å². The van der Waals surface area contributed by atoms with Crippen LogP contribution in [-0.2, 0) is 11.3 Å². The number of ether oxygens (including phenoxy) is 2. The summed E-state index contributed by atoms with van der Waals surface area (Å²) < 4.78 is 10.4. The van der Waals surface area contributed by atoms with Crippen molar-refractivity contribution in [3.63, 3.8) is 0 Å². The minimum Gasteiger partial charge on any atom is -0.497 e. The molecule has 0 aliphatic rings. The maximum Gasteiger partial charge on any atom is 0.240 e. The van der Waals surface area contributed by atoms with Gasteiger partial charge in [-0.05, 0) is 25.1 Å². The Kier molecular flexibility index (Phi) is 5.28. The van der Waals surface area contributed by atoms with Gasteiger partial charge in [-0.15, -0.1) is 11.6 Å². The fraction of sp³-hybridized carbons (Fsp3) is 0.462. The van der Waals surface area contributed by atoms with Crippen LogP contribution in [0, 0.1) is 0 Å². The molecule has 0 aromatic heterocycles. The van der Waals surface area contributed by atoms with E-state index >= 15 is 0 Å². The van der Waals surface area contributed by atoms with Gasteiger partial charge >= 0.3 is 0 Å².